The fourth-order valence-corrected chi connectivity index (χ4v) is 2.78. The Hall–Kier alpha value is -1.75. The average Bonchev–Trinajstić information content (AvgIpc) is 2.84. The van der Waals surface area contributed by atoms with Crippen molar-refractivity contribution in [3.05, 3.63) is 46.2 Å². The maximum Gasteiger partial charge on any atom is 0.127 e. The lowest BCUT2D eigenvalue weighted by molar-refractivity contribution is 0.354. The largest absolute Gasteiger partial charge is 0.493 e. The molecule has 3 rings (SSSR count). The number of nitrogens with two attached hydrogens (primary N) is 1. The fraction of sp³-hybridized carbons (Fsp3) is 0.214. The molecule has 19 heavy (non-hydrogen) atoms. The number of pyridine rings is 1. The van der Waals surface area contributed by atoms with Gasteiger partial charge in [0.05, 0.1) is 24.2 Å². The van der Waals surface area contributed by atoms with Crippen LogP contribution >= 0.6 is 15.9 Å². The molecule has 0 saturated carbocycles. The monoisotopic (exact) mass is 319 g/mol. The zero-order valence-electron chi connectivity index (χ0n) is 10.3. The van der Waals surface area contributed by atoms with Crippen molar-refractivity contribution >= 4 is 27.3 Å². The van der Waals surface area contributed by atoms with Crippen molar-refractivity contribution < 1.29 is 4.74 Å². The van der Waals surface area contributed by atoms with Gasteiger partial charge in [0, 0.05) is 29.2 Å². The van der Waals surface area contributed by atoms with Crippen LogP contribution in [0, 0.1) is 0 Å². The van der Waals surface area contributed by atoms with Gasteiger partial charge in [-0.3, -0.25) is 4.98 Å². The summed E-state index contributed by atoms with van der Waals surface area (Å²) >= 11 is 3.54. The molecular weight excluding hydrogens is 306 g/mol. The number of fused-ring (bicyclic) bond motifs is 1. The molecule has 0 amide bonds. The number of benzene rings is 1. The van der Waals surface area contributed by atoms with E-state index in [4.69, 9.17) is 10.5 Å². The van der Waals surface area contributed by atoms with Gasteiger partial charge in [-0.25, -0.2) is 0 Å². The zero-order chi connectivity index (χ0) is 13.2. The summed E-state index contributed by atoms with van der Waals surface area (Å²) in [6.45, 7) is 1.45. The van der Waals surface area contributed by atoms with Gasteiger partial charge in [-0.05, 0) is 23.8 Å². The fourth-order valence-electron chi connectivity index (χ4n) is 2.23. The lowest BCUT2D eigenvalue weighted by Gasteiger charge is -2.11. The summed E-state index contributed by atoms with van der Waals surface area (Å²) in [6.07, 6.45) is 4.36. The van der Waals surface area contributed by atoms with Gasteiger partial charge in [-0.2, -0.15) is 0 Å². The summed E-state index contributed by atoms with van der Waals surface area (Å²) in [4.78, 5) is 4.06. The Kier molecular flexibility index (Phi) is 3.29. The standard InChI is InChI=1S/C14H14BrN3O/c15-11-3-9-1-2-19-14(9)10(4-11)6-18-13-5-12(16)7-17-8-13/h3-5,7-8,18H,1-2,6,16H2. The second-order valence-corrected chi connectivity index (χ2v) is 5.43. The van der Waals surface area contributed by atoms with E-state index in [1.165, 1.54) is 5.56 Å². The minimum atomic E-state index is 0.653. The SMILES string of the molecule is Nc1cncc(NCc2cc(Br)cc3c2OCC3)c1. The van der Waals surface area contributed by atoms with Gasteiger partial charge in [0.15, 0.2) is 0 Å². The van der Waals surface area contributed by atoms with E-state index in [9.17, 15) is 0 Å². The minimum Gasteiger partial charge on any atom is -0.493 e. The highest BCUT2D eigenvalue weighted by molar-refractivity contribution is 9.10. The zero-order valence-corrected chi connectivity index (χ0v) is 11.9. The molecule has 5 heteroatoms. The molecule has 0 spiro atoms. The molecule has 3 N–H and O–H groups in total. The van der Waals surface area contributed by atoms with Crippen LogP contribution in [-0.2, 0) is 13.0 Å². The summed E-state index contributed by atoms with van der Waals surface area (Å²) in [5.74, 6) is 1.01. The molecule has 2 heterocycles. The third-order valence-electron chi connectivity index (χ3n) is 3.07. The molecule has 0 aliphatic carbocycles. The highest BCUT2D eigenvalue weighted by atomic mass is 79.9. The number of rotatable bonds is 3. The maximum absolute atomic E-state index is 5.71. The average molecular weight is 320 g/mol. The number of anilines is 2. The Labute approximate surface area is 120 Å². The Morgan fingerprint density at radius 3 is 3.05 bits per heavy atom. The van der Waals surface area contributed by atoms with Crippen LogP contribution in [0.3, 0.4) is 0 Å². The van der Waals surface area contributed by atoms with Crippen molar-refractivity contribution in [3.8, 4) is 5.75 Å². The van der Waals surface area contributed by atoms with Gasteiger partial charge < -0.3 is 15.8 Å². The smallest absolute Gasteiger partial charge is 0.127 e. The molecule has 1 aliphatic rings. The lowest BCUT2D eigenvalue weighted by atomic mass is 10.1. The van der Waals surface area contributed by atoms with Crippen LogP contribution in [0.4, 0.5) is 11.4 Å². The number of aromatic nitrogens is 1. The van der Waals surface area contributed by atoms with Gasteiger partial charge in [0.1, 0.15) is 5.75 Å². The molecular formula is C14H14BrN3O. The Balaban J connectivity index is 1.81. The lowest BCUT2D eigenvalue weighted by Crippen LogP contribution is -2.02. The molecule has 1 aromatic heterocycles. The molecule has 98 valence electrons. The van der Waals surface area contributed by atoms with E-state index in [1.54, 1.807) is 12.4 Å². The summed E-state index contributed by atoms with van der Waals surface area (Å²) < 4.78 is 6.78. The van der Waals surface area contributed by atoms with E-state index in [0.717, 1.165) is 34.5 Å². The minimum absolute atomic E-state index is 0.653. The predicted octanol–water partition coefficient (Wildman–Crippen LogP) is 2.97. The van der Waals surface area contributed by atoms with Gasteiger partial charge in [0.25, 0.3) is 0 Å². The van der Waals surface area contributed by atoms with Crippen LogP contribution in [0.5, 0.6) is 5.75 Å². The molecule has 0 atom stereocenters. The van der Waals surface area contributed by atoms with Crippen LogP contribution in [0.2, 0.25) is 0 Å². The molecule has 0 radical (unpaired) electrons. The van der Waals surface area contributed by atoms with Crippen LogP contribution in [0.1, 0.15) is 11.1 Å². The van der Waals surface area contributed by atoms with Gasteiger partial charge in [0.2, 0.25) is 0 Å². The summed E-state index contributed by atoms with van der Waals surface area (Å²) in [5.41, 5.74) is 9.67. The predicted molar refractivity (Wildman–Crippen MR) is 79.3 cm³/mol. The third-order valence-corrected chi connectivity index (χ3v) is 3.53. The number of nitrogen functional groups attached to an aromatic ring is 1. The Bertz CT molecular complexity index is 616. The Morgan fingerprint density at radius 2 is 2.21 bits per heavy atom. The van der Waals surface area contributed by atoms with E-state index in [1.807, 2.05) is 6.07 Å². The maximum atomic E-state index is 5.71. The summed E-state index contributed by atoms with van der Waals surface area (Å²) in [7, 11) is 0. The third kappa shape index (κ3) is 2.66. The highest BCUT2D eigenvalue weighted by Gasteiger charge is 2.17. The molecule has 0 unspecified atom stereocenters. The highest BCUT2D eigenvalue weighted by Crippen LogP contribution is 2.33. The molecule has 1 aromatic carbocycles. The van der Waals surface area contributed by atoms with E-state index >= 15 is 0 Å². The quantitative estimate of drug-likeness (QED) is 0.913. The molecule has 0 saturated heterocycles. The van der Waals surface area contributed by atoms with E-state index in [0.29, 0.717) is 12.2 Å². The van der Waals surface area contributed by atoms with Gasteiger partial charge in [-0.1, -0.05) is 15.9 Å². The van der Waals surface area contributed by atoms with Crippen LogP contribution < -0.4 is 15.8 Å². The topological polar surface area (TPSA) is 60.2 Å². The van der Waals surface area contributed by atoms with Crippen molar-refractivity contribution in [3.63, 3.8) is 0 Å². The van der Waals surface area contributed by atoms with Crippen LogP contribution in [0.15, 0.2) is 35.1 Å². The van der Waals surface area contributed by atoms with Crippen molar-refractivity contribution in [2.24, 2.45) is 0 Å². The number of halogens is 1. The molecule has 4 nitrogen and oxygen atoms in total. The molecule has 1 aliphatic heterocycles. The molecule has 2 aromatic rings. The van der Waals surface area contributed by atoms with Gasteiger partial charge in [-0.15, -0.1) is 0 Å². The number of hydrogen-bond acceptors (Lipinski definition) is 4. The number of nitrogens with zero attached hydrogens (tertiary/aromatic N) is 1. The Morgan fingerprint density at radius 1 is 1.32 bits per heavy atom. The van der Waals surface area contributed by atoms with Crippen molar-refractivity contribution in [1.82, 2.24) is 4.98 Å². The second kappa shape index (κ2) is 5.09. The van der Waals surface area contributed by atoms with Crippen molar-refractivity contribution in [1.29, 1.82) is 0 Å². The summed E-state index contributed by atoms with van der Waals surface area (Å²) in [6, 6.07) is 6.07. The number of ether oxygens (including phenoxy) is 1. The normalized spacial score (nSPS) is 12.9. The van der Waals surface area contributed by atoms with Crippen molar-refractivity contribution in [2.45, 2.75) is 13.0 Å². The second-order valence-electron chi connectivity index (χ2n) is 4.51. The molecule has 0 bridgehead atoms. The van der Waals surface area contributed by atoms with E-state index in [2.05, 4.69) is 38.4 Å². The first kappa shape index (κ1) is 12.3. The summed E-state index contributed by atoms with van der Waals surface area (Å²) in [5, 5.41) is 3.32. The first-order valence-electron chi connectivity index (χ1n) is 6.11. The van der Waals surface area contributed by atoms with Gasteiger partial charge >= 0.3 is 0 Å². The number of hydrogen-bond donors (Lipinski definition) is 2. The van der Waals surface area contributed by atoms with Crippen LogP contribution in [0.25, 0.3) is 0 Å². The first-order chi connectivity index (χ1) is 9.22. The number of nitrogens with one attached hydrogen (secondary N) is 1. The van der Waals surface area contributed by atoms with Crippen molar-refractivity contribution in [2.75, 3.05) is 17.7 Å². The van der Waals surface area contributed by atoms with E-state index < -0.39 is 0 Å². The van der Waals surface area contributed by atoms with E-state index in [-0.39, 0.29) is 0 Å². The first-order valence-corrected chi connectivity index (χ1v) is 6.90. The molecule has 0 fully saturated rings. The van der Waals surface area contributed by atoms with Crippen LogP contribution in [-0.4, -0.2) is 11.6 Å².